The molecule has 3 nitrogen and oxygen atoms in total. The van der Waals surface area contributed by atoms with E-state index in [-0.39, 0.29) is 18.6 Å². The van der Waals surface area contributed by atoms with Crippen molar-refractivity contribution >= 4 is 12.4 Å². The Morgan fingerprint density at radius 2 is 2.15 bits per heavy atom. The molecule has 0 saturated carbocycles. The van der Waals surface area contributed by atoms with Crippen molar-refractivity contribution in [2.24, 2.45) is 5.92 Å². The number of ether oxygens (including phenoxy) is 2. The first-order valence-corrected chi connectivity index (χ1v) is 4.81. The van der Waals surface area contributed by atoms with Crippen LogP contribution in [-0.4, -0.2) is 32.1 Å². The predicted octanol–water partition coefficient (Wildman–Crippen LogP) is 1.17. The molecule has 0 radical (unpaired) electrons. The van der Waals surface area contributed by atoms with Gasteiger partial charge < -0.3 is 9.47 Å². The Balaban J connectivity index is 0.000000845. The highest BCUT2D eigenvalue weighted by atomic mass is 35.5. The Kier molecular flexibility index (Phi) is 4.46. The zero-order valence-corrected chi connectivity index (χ0v) is 8.81. The van der Waals surface area contributed by atoms with Gasteiger partial charge >= 0.3 is 0 Å². The highest BCUT2D eigenvalue weighted by Crippen LogP contribution is 2.21. The fraction of sp³-hybridized carbons (Fsp3) is 1.00. The maximum Gasteiger partial charge on any atom is 0.113 e. The molecule has 0 bridgehead atoms. The van der Waals surface area contributed by atoms with E-state index in [0.717, 1.165) is 19.8 Å². The number of halogens is 1. The molecule has 2 saturated heterocycles. The van der Waals surface area contributed by atoms with Crippen LogP contribution in [0.15, 0.2) is 0 Å². The summed E-state index contributed by atoms with van der Waals surface area (Å²) in [6.45, 7) is 4.80. The molecule has 3 atom stereocenters. The standard InChI is InChI=1S/C9H17NO2.ClH/c1-7-5-12-9(10-7)8-3-2-4-11-6-8;/h7-10H,2-6H2,1H3;1H. The van der Waals surface area contributed by atoms with Crippen LogP contribution in [-0.2, 0) is 9.47 Å². The summed E-state index contributed by atoms with van der Waals surface area (Å²) in [5.41, 5.74) is 0. The third-order valence-electron chi connectivity index (χ3n) is 2.60. The molecule has 0 aromatic carbocycles. The molecular formula is C9H18ClNO2. The summed E-state index contributed by atoms with van der Waals surface area (Å²) < 4.78 is 11.0. The molecule has 0 amide bonds. The predicted molar refractivity (Wildman–Crippen MR) is 53.1 cm³/mol. The van der Waals surface area contributed by atoms with Crippen molar-refractivity contribution in [3.63, 3.8) is 0 Å². The molecule has 2 heterocycles. The van der Waals surface area contributed by atoms with Gasteiger partial charge in [0, 0.05) is 18.6 Å². The monoisotopic (exact) mass is 207 g/mol. The van der Waals surface area contributed by atoms with Crippen LogP contribution in [0.25, 0.3) is 0 Å². The fourth-order valence-corrected chi connectivity index (χ4v) is 1.90. The molecule has 0 aromatic rings. The molecule has 13 heavy (non-hydrogen) atoms. The van der Waals surface area contributed by atoms with Gasteiger partial charge in [0.2, 0.25) is 0 Å². The molecule has 3 unspecified atom stereocenters. The Morgan fingerprint density at radius 3 is 2.69 bits per heavy atom. The van der Waals surface area contributed by atoms with Crippen molar-refractivity contribution in [2.75, 3.05) is 19.8 Å². The van der Waals surface area contributed by atoms with E-state index in [1.807, 2.05) is 0 Å². The van der Waals surface area contributed by atoms with Gasteiger partial charge in [-0.3, -0.25) is 5.32 Å². The number of hydrogen-bond donors (Lipinski definition) is 1. The highest BCUT2D eigenvalue weighted by Gasteiger charge is 2.30. The largest absolute Gasteiger partial charge is 0.381 e. The number of hydrogen-bond acceptors (Lipinski definition) is 3. The molecule has 0 spiro atoms. The quantitative estimate of drug-likeness (QED) is 0.700. The lowest BCUT2D eigenvalue weighted by Crippen LogP contribution is -2.38. The van der Waals surface area contributed by atoms with Gasteiger partial charge in [0.1, 0.15) is 6.23 Å². The van der Waals surface area contributed by atoms with E-state index >= 15 is 0 Å². The first-order valence-electron chi connectivity index (χ1n) is 4.81. The molecule has 2 fully saturated rings. The summed E-state index contributed by atoms with van der Waals surface area (Å²) in [7, 11) is 0. The van der Waals surface area contributed by atoms with E-state index in [9.17, 15) is 0 Å². The molecule has 2 aliphatic rings. The second kappa shape index (κ2) is 5.15. The topological polar surface area (TPSA) is 30.5 Å². The summed E-state index contributed by atoms with van der Waals surface area (Å²) >= 11 is 0. The Hall–Kier alpha value is 0.170. The lowest BCUT2D eigenvalue weighted by molar-refractivity contribution is -0.0278. The van der Waals surface area contributed by atoms with Crippen molar-refractivity contribution in [1.29, 1.82) is 0 Å². The average Bonchev–Trinajstić information content (AvgIpc) is 2.54. The lowest BCUT2D eigenvalue weighted by Gasteiger charge is -2.26. The Bertz CT molecular complexity index is 148. The lowest BCUT2D eigenvalue weighted by atomic mass is 10.0. The van der Waals surface area contributed by atoms with Crippen LogP contribution in [0.5, 0.6) is 0 Å². The number of nitrogens with one attached hydrogen (secondary N) is 1. The SMILES string of the molecule is CC1COC(C2CCCOC2)N1.Cl. The van der Waals surface area contributed by atoms with Crippen molar-refractivity contribution in [3.8, 4) is 0 Å². The zero-order valence-electron chi connectivity index (χ0n) is 7.99. The first kappa shape index (κ1) is 11.2. The fourth-order valence-electron chi connectivity index (χ4n) is 1.90. The minimum absolute atomic E-state index is 0. The van der Waals surface area contributed by atoms with Crippen molar-refractivity contribution in [3.05, 3.63) is 0 Å². The first-order chi connectivity index (χ1) is 5.86. The molecule has 1 N–H and O–H groups in total. The van der Waals surface area contributed by atoms with Crippen LogP contribution < -0.4 is 5.32 Å². The third-order valence-corrected chi connectivity index (χ3v) is 2.60. The van der Waals surface area contributed by atoms with Crippen molar-refractivity contribution < 1.29 is 9.47 Å². The number of rotatable bonds is 1. The second-order valence-corrected chi connectivity index (χ2v) is 3.80. The third kappa shape index (κ3) is 2.81. The van der Waals surface area contributed by atoms with Crippen LogP contribution in [0.2, 0.25) is 0 Å². The van der Waals surface area contributed by atoms with E-state index in [2.05, 4.69) is 12.2 Å². The molecular weight excluding hydrogens is 190 g/mol. The molecule has 4 heteroatoms. The maximum atomic E-state index is 5.61. The van der Waals surface area contributed by atoms with E-state index in [1.54, 1.807) is 0 Å². The van der Waals surface area contributed by atoms with Gasteiger partial charge in [-0.2, -0.15) is 0 Å². The van der Waals surface area contributed by atoms with Crippen LogP contribution >= 0.6 is 12.4 Å². The van der Waals surface area contributed by atoms with Gasteiger partial charge in [-0.1, -0.05) is 0 Å². The van der Waals surface area contributed by atoms with Gasteiger partial charge in [0.15, 0.2) is 0 Å². The van der Waals surface area contributed by atoms with Crippen LogP contribution in [0.4, 0.5) is 0 Å². The summed E-state index contributed by atoms with van der Waals surface area (Å²) in [6.07, 6.45) is 2.67. The van der Waals surface area contributed by atoms with Crippen LogP contribution in [0.1, 0.15) is 19.8 Å². The van der Waals surface area contributed by atoms with Crippen LogP contribution in [0, 0.1) is 5.92 Å². The van der Waals surface area contributed by atoms with Gasteiger partial charge in [-0.05, 0) is 19.8 Å². The zero-order chi connectivity index (χ0) is 8.39. The summed E-state index contributed by atoms with van der Waals surface area (Å²) in [5.74, 6) is 0.573. The van der Waals surface area contributed by atoms with E-state index in [1.165, 1.54) is 12.8 Å². The van der Waals surface area contributed by atoms with Crippen molar-refractivity contribution in [1.82, 2.24) is 5.32 Å². The van der Waals surface area contributed by atoms with Gasteiger partial charge in [0.25, 0.3) is 0 Å². The van der Waals surface area contributed by atoms with E-state index in [0.29, 0.717) is 12.0 Å². The molecule has 2 aliphatic heterocycles. The van der Waals surface area contributed by atoms with E-state index in [4.69, 9.17) is 9.47 Å². The second-order valence-electron chi connectivity index (χ2n) is 3.80. The Morgan fingerprint density at radius 1 is 1.31 bits per heavy atom. The van der Waals surface area contributed by atoms with Gasteiger partial charge in [-0.15, -0.1) is 12.4 Å². The summed E-state index contributed by atoms with van der Waals surface area (Å²) in [4.78, 5) is 0. The summed E-state index contributed by atoms with van der Waals surface area (Å²) in [5, 5.41) is 3.42. The van der Waals surface area contributed by atoms with Crippen molar-refractivity contribution in [2.45, 2.75) is 32.0 Å². The normalized spacial score (nSPS) is 39.9. The van der Waals surface area contributed by atoms with Gasteiger partial charge in [0.05, 0.1) is 13.2 Å². The van der Waals surface area contributed by atoms with Gasteiger partial charge in [-0.25, -0.2) is 0 Å². The molecule has 0 aromatic heterocycles. The summed E-state index contributed by atoms with van der Waals surface area (Å²) in [6, 6.07) is 0.511. The molecule has 0 aliphatic carbocycles. The molecule has 78 valence electrons. The van der Waals surface area contributed by atoms with Crippen LogP contribution in [0.3, 0.4) is 0 Å². The average molecular weight is 208 g/mol. The maximum absolute atomic E-state index is 5.61. The van der Waals surface area contributed by atoms with E-state index < -0.39 is 0 Å². The smallest absolute Gasteiger partial charge is 0.113 e. The highest BCUT2D eigenvalue weighted by molar-refractivity contribution is 5.85. The minimum Gasteiger partial charge on any atom is -0.381 e. The Labute approximate surface area is 85.6 Å². The minimum atomic E-state index is 0. The molecule has 2 rings (SSSR count).